The lowest BCUT2D eigenvalue weighted by molar-refractivity contribution is -0.126. The molecule has 1 aliphatic heterocycles. The Kier molecular flexibility index (Phi) is 6.58. The minimum Gasteiger partial charge on any atom is -0.352 e. The van der Waals surface area contributed by atoms with Crippen LogP contribution < -0.4 is 5.32 Å². The van der Waals surface area contributed by atoms with Gasteiger partial charge in [-0.05, 0) is 62.7 Å². The molecular weight excluding hydrogens is 422 g/mol. The average Bonchev–Trinajstić information content (AvgIpc) is 3.54. The Morgan fingerprint density at radius 2 is 1.68 bits per heavy atom. The monoisotopic (exact) mass is 453 g/mol. The number of aromatic nitrogens is 3. The highest BCUT2D eigenvalue weighted by Crippen LogP contribution is 2.24. The SMILES string of the molecule is Cc1ccc(CNC(=O)C2CCN(Cc3cnn(-c4ccccc4)c3-n3cccc3)CC2)cc1. The first kappa shape index (κ1) is 22.2. The van der Waals surface area contributed by atoms with E-state index in [-0.39, 0.29) is 11.8 Å². The van der Waals surface area contributed by atoms with Crippen LogP contribution in [-0.4, -0.2) is 38.2 Å². The van der Waals surface area contributed by atoms with E-state index in [4.69, 9.17) is 5.10 Å². The summed E-state index contributed by atoms with van der Waals surface area (Å²) in [4.78, 5) is 15.2. The highest BCUT2D eigenvalue weighted by Gasteiger charge is 2.26. The molecule has 6 heteroatoms. The Morgan fingerprint density at radius 1 is 0.971 bits per heavy atom. The Bertz CT molecular complexity index is 1200. The van der Waals surface area contributed by atoms with Crippen LogP contribution in [-0.2, 0) is 17.9 Å². The van der Waals surface area contributed by atoms with Crippen LogP contribution in [0.5, 0.6) is 0 Å². The Labute approximate surface area is 200 Å². The molecule has 0 aliphatic carbocycles. The largest absolute Gasteiger partial charge is 0.352 e. The van der Waals surface area contributed by atoms with E-state index in [0.29, 0.717) is 6.54 Å². The highest BCUT2D eigenvalue weighted by atomic mass is 16.1. The molecule has 5 rings (SSSR count). The molecule has 2 aromatic heterocycles. The van der Waals surface area contributed by atoms with Gasteiger partial charge in [0.1, 0.15) is 5.82 Å². The van der Waals surface area contributed by atoms with Crippen molar-refractivity contribution < 1.29 is 4.79 Å². The zero-order chi connectivity index (χ0) is 23.3. The van der Waals surface area contributed by atoms with E-state index in [1.807, 2.05) is 41.2 Å². The van der Waals surface area contributed by atoms with E-state index >= 15 is 0 Å². The molecule has 1 fully saturated rings. The smallest absolute Gasteiger partial charge is 0.223 e. The van der Waals surface area contributed by atoms with Crippen molar-refractivity contribution in [2.75, 3.05) is 13.1 Å². The average molecular weight is 454 g/mol. The van der Waals surface area contributed by atoms with Gasteiger partial charge in [-0.1, -0.05) is 48.0 Å². The van der Waals surface area contributed by atoms with Crippen LogP contribution in [0, 0.1) is 12.8 Å². The summed E-state index contributed by atoms with van der Waals surface area (Å²) >= 11 is 0. The molecule has 1 N–H and O–H groups in total. The van der Waals surface area contributed by atoms with Gasteiger partial charge in [0.05, 0.1) is 11.9 Å². The molecule has 6 nitrogen and oxygen atoms in total. The van der Waals surface area contributed by atoms with Crippen molar-refractivity contribution in [2.45, 2.75) is 32.9 Å². The van der Waals surface area contributed by atoms with Crippen LogP contribution in [0.25, 0.3) is 11.5 Å². The summed E-state index contributed by atoms with van der Waals surface area (Å²) in [5, 5.41) is 7.84. The van der Waals surface area contributed by atoms with Crippen molar-refractivity contribution in [3.63, 3.8) is 0 Å². The number of amides is 1. The predicted molar refractivity (Wildman–Crippen MR) is 134 cm³/mol. The second-order valence-corrected chi connectivity index (χ2v) is 9.08. The van der Waals surface area contributed by atoms with E-state index in [9.17, 15) is 4.79 Å². The minimum atomic E-state index is 0.0812. The van der Waals surface area contributed by atoms with Crippen LogP contribution in [0.4, 0.5) is 0 Å². The van der Waals surface area contributed by atoms with Gasteiger partial charge in [-0.2, -0.15) is 5.10 Å². The molecule has 0 spiro atoms. The first-order valence-electron chi connectivity index (χ1n) is 12.0. The maximum absolute atomic E-state index is 12.7. The minimum absolute atomic E-state index is 0.0812. The number of nitrogens with one attached hydrogen (secondary N) is 1. The fourth-order valence-electron chi connectivity index (χ4n) is 4.63. The first-order chi connectivity index (χ1) is 16.7. The molecule has 2 aromatic carbocycles. The van der Waals surface area contributed by atoms with Crippen molar-refractivity contribution in [1.29, 1.82) is 0 Å². The standard InChI is InChI=1S/C28H31N5O/c1-22-9-11-23(12-10-22)19-29-27(34)24-13-17-31(18-14-24)21-25-20-30-33(26-7-3-2-4-8-26)28(25)32-15-5-6-16-32/h2-12,15-16,20,24H,13-14,17-19,21H2,1H3,(H,29,34). The molecule has 0 bridgehead atoms. The lowest BCUT2D eigenvalue weighted by Gasteiger charge is -2.31. The van der Waals surface area contributed by atoms with Gasteiger partial charge < -0.3 is 9.88 Å². The molecule has 0 unspecified atom stereocenters. The summed E-state index contributed by atoms with van der Waals surface area (Å²) in [5.74, 6) is 1.32. The molecule has 4 aromatic rings. The van der Waals surface area contributed by atoms with Crippen LogP contribution in [0.2, 0.25) is 0 Å². The van der Waals surface area contributed by atoms with Gasteiger partial charge in [0, 0.05) is 37.0 Å². The maximum Gasteiger partial charge on any atom is 0.223 e. The summed E-state index contributed by atoms with van der Waals surface area (Å²) in [6.07, 6.45) is 7.86. The van der Waals surface area contributed by atoms with Gasteiger partial charge in [0.15, 0.2) is 0 Å². The van der Waals surface area contributed by atoms with Crippen molar-refractivity contribution in [1.82, 2.24) is 24.6 Å². The topological polar surface area (TPSA) is 55.1 Å². The molecule has 0 saturated carbocycles. The van der Waals surface area contributed by atoms with E-state index in [2.05, 4.69) is 70.5 Å². The molecule has 1 aliphatic rings. The molecule has 1 saturated heterocycles. The molecule has 0 radical (unpaired) electrons. The number of aryl methyl sites for hydroxylation is 1. The van der Waals surface area contributed by atoms with Gasteiger partial charge >= 0.3 is 0 Å². The van der Waals surface area contributed by atoms with Crippen molar-refractivity contribution in [2.24, 2.45) is 5.92 Å². The van der Waals surface area contributed by atoms with E-state index < -0.39 is 0 Å². The summed E-state index contributed by atoms with van der Waals surface area (Å²) < 4.78 is 4.13. The number of likely N-dealkylation sites (tertiary alicyclic amines) is 1. The number of hydrogen-bond donors (Lipinski definition) is 1. The summed E-state index contributed by atoms with van der Waals surface area (Å²) in [5.41, 5.74) is 4.60. The Hall–Kier alpha value is -3.64. The second-order valence-electron chi connectivity index (χ2n) is 9.08. The fourth-order valence-corrected chi connectivity index (χ4v) is 4.63. The third kappa shape index (κ3) is 4.97. The Morgan fingerprint density at radius 3 is 2.38 bits per heavy atom. The van der Waals surface area contributed by atoms with Crippen molar-refractivity contribution in [3.05, 3.63) is 102 Å². The van der Waals surface area contributed by atoms with E-state index in [1.54, 1.807) is 0 Å². The third-order valence-electron chi connectivity index (χ3n) is 6.61. The fraction of sp³-hybridized carbons (Fsp3) is 0.286. The van der Waals surface area contributed by atoms with Crippen LogP contribution >= 0.6 is 0 Å². The maximum atomic E-state index is 12.7. The normalized spacial score (nSPS) is 14.9. The quantitative estimate of drug-likeness (QED) is 0.448. The number of carbonyl (C=O) groups is 1. The van der Waals surface area contributed by atoms with E-state index in [1.165, 1.54) is 11.1 Å². The van der Waals surface area contributed by atoms with Crippen LogP contribution in [0.1, 0.15) is 29.5 Å². The van der Waals surface area contributed by atoms with Crippen LogP contribution in [0.3, 0.4) is 0 Å². The molecular formula is C28H31N5O. The van der Waals surface area contributed by atoms with Gasteiger partial charge in [-0.3, -0.25) is 9.69 Å². The number of hydrogen-bond acceptors (Lipinski definition) is 3. The lowest BCUT2D eigenvalue weighted by Crippen LogP contribution is -2.40. The zero-order valence-corrected chi connectivity index (χ0v) is 19.6. The molecule has 34 heavy (non-hydrogen) atoms. The number of rotatable bonds is 7. The molecule has 0 atom stereocenters. The third-order valence-corrected chi connectivity index (χ3v) is 6.61. The molecule has 1 amide bonds. The van der Waals surface area contributed by atoms with Crippen LogP contribution in [0.15, 0.2) is 85.3 Å². The van der Waals surface area contributed by atoms with Crippen molar-refractivity contribution >= 4 is 5.91 Å². The second kappa shape index (κ2) is 10.1. The lowest BCUT2D eigenvalue weighted by atomic mass is 9.95. The molecule has 174 valence electrons. The van der Waals surface area contributed by atoms with E-state index in [0.717, 1.165) is 49.5 Å². The van der Waals surface area contributed by atoms with Gasteiger partial charge in [0.2, 0.25) is 5.91 Å². The highest BCUT2D eigenvalue weighted by molar-refractivity contribution is 5.78. The Balaban J connectivity index is 1.21. The predicted octanol–water partition coefficient (Wildman–Crippen LogP) is 4.50. The number of piperidine rings is 1. The van der Waals surface area contributed by atoms with Gasteiger partial charge in [0.25, 0.3) is 0 Å². The summed E-state index contributed by atoms with van der Waals surface area (Å²) in [7, 11) is 0. The molecule has 3 heterocycles. The van der Waals surface area contributed by atoms with Gasteiger partial charge in [-0.15, -0.1) is 0 Å². The zero-order valence-electron chi connectivity index (χ0n) is 19.6. The number of benzene rings is 2. The summed E-state index contributed by atoms with van der Waals surface area (Å²) in [6.45, 7) is 5.30. The first-order valence-corrected chi connectivity index (χ1v) is 12.0. The number of para-hydroxylation sites is 1. The summed E-state index contributed by atoms with van der Waals surface area (Å²) in [6, 6.07) is 22.6. The van der Waals surface area contributed by atoms with Gasteiger partial charge in [-0.25, -0.2) is 4.68 Å². The number of carbonyl (C=O) groups excluding carboxylic acids is 1. The number of nitrogens with zero attached hydrogens (tertiary/aromatic N) is 4. The van der Waals surface area contributed by atoms with Crippen molar-refractivity contribution in [3.8, 4) is 11.5 Å².